The molecule has 1 aliphatic heterocycles. The molecule has 1 saturated heterocycles. The van der Waals surface area contributed by atoms with Crippen LogP contribution in [0.3, 0.4) is 0 Å². The van der Waals surface area contributed by atoms with Gasteiger partial charge in [0.15, 0.2) is 0 Å². The lowest BCUT2D eigenvalue weighted by atomic mass is 10.2. The van der Waals surface area contributed by atoms with Crippen molar-refractivity contribution in [2.75, 3.05) is 66.5 Å². The maximum absolute atomic E-state index is 12.3. The maximum Gasteiger partial charge on any atom is 0.266 e. The largest absolute Gasteiger partial charge is 0.388 e. The lowest BCUT2D eigenvalue weighted by molar-refractivity contribution is -0.128. The van der Waals surface area contributed by atoms with Crippen LogP contribution in [-0.4, -0.2) is 87.1 Å². The van der Waals surface area contributed by atoms with Crippen molar-refractivity contribution in [1.29, 1.82) is 5.26 Å². The standard InChI is InChI=1S/C14H26N6O/c1-18(2)6-4-17-12-13(11-16)14(21)20-9-7-19(5-3-15)8-10-20/h12,17H,3-10,15H2,1-2H3/b13-12-. The number of nitrogens with one attached hydrogen (secondary N) is 1. The van der Waals surface area contributed by atoms with Gasteiger partial charge >= 0.3 is 0 Å². The number of amides is 1. The van der Waals surface area contributed by atoms with Crippen molar-refractivity contribution < 1.29 is 4.79 Å². The van der Waals surface area contributed by atoms with E-state index in [0.717, 1.165) is 26.2 Å². The smallest absolute Gasteiger partial charge is 0.266 e. The van der Waals surface area contributed by atoms with Gasteiger partial charge in [-0.2, -0.15) is 5.26 Å². The molecule has 0 unspecified atom stereocenters. The number of piperazine rings is 1. The van der Waals surface area contributed by atoms with Crippen molar-refractivity contribution in [1.82, 2.24) is 20.0 Å². The van der Waals surface area contributed by atoms with E-state index in [4.69, 9.17) is 11.0 Å². The third-order valence-electron chi connectivity index (χ3n) is 3.41. The van der Waals surface area contributed by atoms with Gasteiger partial charge in [-0.25, -0.2) is 0 Å². The van der Waals surface area contributed by atoms with Gasteiger partial charge in [0.1, 0.15) is 11.6 Å². The normalized spacial score (nSPS) is 16.9. The van der Waals surface area contributed by atoms with Crippen molar-refractivity contribution in [3.05, 3.63) is 11.8 Å². The molecule has 1 heterocycles. The summed E-state index contributed by atoms with van der Waals surface area (Å²) in [6, 6.07) is 1.98. The second kappa shape index (κ2) is 9.34. The van der Waals surface area contributed by atoms with Crippen molar-refractivity contribution in [2.24, 2.45) is 5.73 Å². The fourth-order valence-corrected chi connectivity index (χ4v) is 2.13. The lowest BCUT2D eigenvalue weighted by Gasteiger charge is -2.34. The number of carbonyl (C=O) groups excluding carboxylic acids is 1. The van der Waals surface area contributed by atoms with Gasteiger partial charge in [-0.1, -0.05) is 0 Å². The molecule has 7 nitrogen and oxygen atoms in total. The molecule has 0 radical (unpaired) electrons. The van der Waals surface area contributed by atoms with Crippen LogP contribution in [0.15, 0.2) is 11.8 Å². The Labute approximate surface area is 127 Å². The SMILES string of the molecule is CN(C)CCN/C=C(/C#N)C(=O)N1CCN(CCN)CC1. The summed E-state index contributed by atoms with van der Waals surface area (Å²) in [6.07, 6.45) is 1.53. The quantitative estimate of drug-likeness (QED) is 0.343. The van der Waals surface area contributed by atoms with Gasteiger partial charge in [-0.05, 0) is 14.1 Å². The average molecular weight is 294 g/mol. The molecule has 1 rings (SSSR count). The Bertz CT molecular complexity index is 393. The minimum absolute atomic E-state index is 0.168. The molecule has 1 amide bonds. The van der Waals surface area contributed by atoms with Crippen LogP contribution in [0, 0.1) is 11.3 Å². The molecule has 1 aliphatic rings. The van der Waals surface area contributed by atoms with Crippen LogP contribution < -0.4 is 11.1 Å². The van der Waals surface area contributed by atoms with E-state index in [1.807, 2.05) is 25.1 Å². The number of rotatable bonds is 7. The van der Waals surface area contributed by atoms with Gasteiger partial charge in [0.2, 0.25) is 0 Å². The summed E-state index contributed by atoms with van der Waals surface area (Å²) in [4.78, 5) is 18.3. The van der Waals surface area contributed by atoms with Crippen molar-refractivity contribution in [3.8, 4) is 6.07 Å². The molecule has 21 heavy (non-hydrogen) atoms. The second-order valence-corrected chi connectivity index (χ2v) is 5.35. The van der Waals surface area contributed by atoms with E-state index in [0.29, 0.717) is 26.2 Å². The van der Waals surface area contributed by atoms with Crippen molar-refractivity contribution in [3.63, 3.8) is 0 Å². The molecule has 0 saturated carbocycles. The van der Waals surface area contributed by atoms with E-state index in [9.17, 15) is 4.79 Å². The predicted octanol–water partition coefficient (Wildman–Crippen LogP) is -1.35. The minimum Gasteiger partial charge on any atom is -0.388 e. The van der Waals surface area contributed by atoms with Crippen LogP contribution in [-0.2, 0) is 4.79 Å². The fraction of sp³-hybridized carbons (Fsp3) is 0.714. The molecule has 0 aromatic carbocycles. The molecule has 0 aromatic heterocycles. The predicted molar refractivity (Wildman–Crippen MR) is 82.3 cm³/mol. The zero-order chi connectivity index (χ0) is 15.7. The highest BCUT2D eigenvalue weighted by atomic mass is 16.2. The summed E-state index contributed by atoms with van der Waals surface area (Å²) >= 11 is 0. The van der Waals surface area contributed by atoms with E-state index in [1.165, 1.54) is 6.20 Å². The number of hydrogen-bond donors (Lipinski definition) is 2. The molecule has 0 bridgehead atoms. The average Bonchev–Trinajstić information content (AvgIpc) is 2.47. The summed E-state index contributed by atoms with van der Waals surface area (Å²) in [5.41, 5.74) is 5.69. The minimum atomic E-state index is -0.192. The molecule has 0 atom stereocenters. The zero-order valence-electron chi connectivity index (χ0n) is 13.0. The van der Waals surface area contributed by atoms with Crippen LogP contribution in [0.4, 0.5) is 0 Å². The van der Waals surface area contributed by atoms with Crippen LogP contribution in [0.1, 0.15) is 0 Å². The van der Waals surface area contributed by atoms with Crippen molar-refractivity contribution in [2.45, 2.75) is 0 Å². The highest BCUT2D eigenvalue weighted by molar-refractivity contribution is 5.97. The number of likely N-dealkylation sites (N-methyl/N-ethyl adjacent to an activating group) is 1. The van der Waals surface area contributed by atoms with E-state index < -0.39 is 0 Å². The molecule has 0 aliphatic carbocycles. The highest BCUT2D eigenvalue weighted by Gasteiger charge is 2.23. The van der Waals surface area contributed by atoms with Gasteiger partial charge in [-0.3, -0.25) is 9.69 Å². The number of nitriles is 1. The molecule has 1 fully saturated rings. The van der Waals surface area contributed by atoms with Gasteiger partial charge in [0, 0.05) is 58.6 Å². The summed E-state index contributed by atoms with van der Waals surface area (Å²) in [5, 5.41) is 12.1. The zero-order valence-corrected chi connectivity index (χ0v) is 13.0. The van der Waals surface area contributed by atoms with Crippen LogP contribution in [0.25, 0.3) is 0 Å². The Morgan fingerprint density at radius 3 is 2.57 bits per heavy atom. The monoisotopic (exact) mass is 294 g/mol. The third kappa shape index (κ3) is 6.12. The first-order chi connectivity index (χ1) is 10.1. The molecule has 118 valence electrons. The Balaban J connectivity index is 2.45. The molecule has 3 N–H and O–H groups in total. The summed E-state index contributed by atoms with van der Waals surface area (Å²) in [7, 11) is 3.95. The number of carbonyl (C=O) groups is 1. The molecule has 0 spiro atoms. The van der Waals surface area contributed by atoms with E-state index >= 15 is 0 Å². The molecular weight excluding hydrogens is 268 g/mol. The summed E-state index contributed by atoms with van der Waals surface area (Å²) in [6.45, 7) is 5.97. The van der Waals surface area contributed by atoms with Crippen molar-refractivity contribution >= 4 is 5.91 Å². The lowest BCUT2D eigenvalue weighted by Crippen LogP contribution is -2.50. The Morgan fingerprint density at radius 1 is 1.38 bits per heavy atom. The van der Waals surface area contributed by atoms with E-state index in [2.05, 4.69) is 10.2 Å². The first-order valence-electron chi connectivity index (χ1n) is 7.28. The number of hydrogen-bond acceptors (Lipinski definition) is 6. The summed E-state index contributed by atoms with van der Waals surface area (Å²) < 4.78 is 0. The number of nitrogens with two attached hydrogens (primary N) is 1. The summed E-state index contributed by atoms with van der Waals surface area (Å²) in [5.74, 6) is -0.192. The third-order valence-corrected chi connectivity index (χ3v) is 3.41. The fourth-order valence-electron chi connectivity index (χ4n) is 2.13. The van der Waals surface area contributed by atoms with Crippen LogP contribution in [0.5, 0.6) is 0 Å². The Hall–Kier alpha value is -1.62. The molecule has 7 heteroatoms. The molecule has 0 aromatic rings. The van der Waals surface area contributed by atoms with Gasteiger partial charge in [-0.15, -0.1) is 0 Å². The van der Waals surface area contributed by atoms with Gasteiger partial charge in [0.05, 0.1) is 0 Å². The highest BCUT2D eigenvalue weighted by Crippen LogP contribution is 2.06. The Morgan fingerprint density at radius 2 is 2.05 bits per heavy atom. The number of nitrogens with zero attached hydrogens (tertiary/aromatic N) is 4. The van der Waals surface area contributed by atoms with Crippen LogP contribution >= 0.6 is 0 Å². The van der Waals surface area contributed by atoms with E-state index in [-0.39, 0.29) is 11.5 Å². The second-order valence-electron chi connectivity index (χ2n) is 5.35. The van der Waals surface area contributed by atoms with Gasteiger partial charge in [0.25, 0.3) is 5.91 Å². The molecular formula is C14H26N6O. The van der Waals surface area contributed by atoms with E-state index in [1.54, 1.807) is 4.90 Å². The topological polar surface area (TPSA) is 88.6 Å². The van der Waals surface area contributed by atoms with Crippen LogP contribution in [0.2, 0.25) is 0 Å². The van der Waals surface area contributed by atoms with Gasteiger partial charge < -0.3 is 20.9 Å². The maximum atomic E-state index is 12.3. The first kappa shape index (κ1) is 17.4. The Kier molecular flexibility index (Phi) is 7.75. The first-order valence-corrected chi connectivity index (χ1v) is 7.28.